The van der Waals surface area contributed by atoms with E-state index in [9.17, 15) is 4.79 Å². The standard InChI is InChI=1S/C22H17FN2O5/c1-28-14-5-3-4-12(10-14)15-7-8-16(20(29-2)19(15)23)22-24-17-11-13(21(26)25-27)6-9-18(17)30-22/h3-11,27H,1-2H3,(H,25,26). The van der Waals surface area contributed by atoms with Crippen molar-refractivity contribution < 1.29 is 28.3 Å². The number of benzene rings is 3. The van der Waals surface area contributed by atoms with Crippen LogP contribution in [0.5, 0.6) is 11.5 Å². The zero-order valence-electron chi connectivity index (χ0n) is 16.1. The van der Waals surface area contributed by atoms with E-state index in [1.165, 1.54) is 19.2 Å². The number of amides is 1. The predicted octanol–water partition coefficient (Wildman–Crippen LogP) is 4.44. The first kappa shape index (κ1) is 19.4. The molecule has 8 heteroatoms. The highest BCUT2D eigenvalue weighted by Crippen LogP contribution is 2.39. The van der Waals surface area contributed by atoms with Crippen molar-refractivity contribution in [3.63, 3.8) is 0 Å². The Bertz CT molecular complexity index is 1250. The van der Waals surface area contributed by atoms with E-state index in [2.05, 4.69) is 4.98 Å². The number of hydrogen-bond donors (Lipinski definition) is 2. The molecule has 0 saturated carbocycles. The Morgan fingerprint density at radius 2 is 1.87 bits per heavy atom. The van der Waals surface area contributed by atoms with Crippen molar-refractivity contribution in [2.45, 2.75) is 0 Å². The van der Waals surface area contributed by atoms with Crippen molar-refractivity contribution in [3.05, 3.63) is 66.0 Å². The van der Waals surface area contributed by atoms with E-state index in [4.69, 9.17) is 19.1 Å². The predicted molar refractivity (Wildman–Crippen MR) is 107 cm³/mol. The molecule has 0 aliphatic rings. The van der Waals surface area contributed by atoms with Crippen LogP contribution in [-0.2, 0) is 0 Å². The maximum absolute atomic E-state index is 15.3. The van der Waals surface area contributed by atoms with Gasteiger partial charge < -0.3 is 13.9 Å². The summed E-state index contributed by atoms with van der Waals surface area (Å²) in [6.45, 7) is 0. The average molecular weight is 408 g/mol. The molecule has 0 aliphatic carbocycles. The van der Waals surface area contributed by atoms with Gasteiger partial charge in [0.05, 0.1) is 19.8 Å². The average Bonchev–Trinajstić information content (AvgIpc) is 3.21. The summed E-state index contributed by atoms with van der Waals surface area (Å²) in [4.78, 5) is 15.9. The second-order valence-electron chi connectivity index (χ2n) is 6.38. The van der Waals surface area contributed by atoms with Crippen molar-refractivity contribution in [1.29, 1.82) is 0 Å². The lowest BCUT2D eigenvalue weighted by Crippen LogP contribution is -2.18. The number of halogens is 1. The lowest BCUT2D eigenvalue weighted by molar-refractivity contribution is 0.0706. The molecule has 7 nitrogen and oxygen atoms in total. The summed E-state index contributed by atoms with van der Waals surface area (Å²) in [5.41, 5.74) is 3.85. The third kappa shape index (κ3) is 3.33. The second-order valence-corrected chi connectivity index (χ2v) is 6.38. The summed E-state index contributed by atoms with van der Waals surface area (Å²) in [5.74, 6) is -0.509. The van der Waals surface area contributed by atoms with Gasteiger partial charge in [-0.1, -0.05) is 18.2 Å². The normalized spacial score (nSPS) is 10.8. The number of oxazole rings is 1. The summed E-state index contributed by atoms with van der Waals surface area (Å²) in [5, 5.41) is 8.79. The molecule has 4 aromatic rings. The lowest BCUT2D eigenvalue weighted by atomic mass is 10.0. The van der Waals surface area contributed by atoms with Crippen LogP contribution in [0.15, 0.2) is 59.0 Å². The van der Waals surface area contributed by atoms with Gasteiger partial charge in [-0.15, -0.1) is 0 Å². The van der Waals surface area contributed by atoms with Crippen molar-refractivity contribution in [1.82, 2.24) is 10.5 Å². The van der Waals surface area contributed by atoms with Gasteiger partial charge in [0.15, 0.2) is 17.1 Å². The number of nitrogens with one attached hydrogen (secondary N) is 1. The fourth-order valence-electron chi connectivity index (χ4n) is 3.19. The third-order valence-corrected chi connectivity index (χ3v) is 4.66. The lowest BCUT2D eigenvalue weighted by Gasteiger charge is -2.12. The van der Waals surface area contributed by atoms with Gasteiger partial charge >= 0.3 is 0 Å². The molecule has 0 saturated heterocycles. The smallest absolute Gasteiger partial charge is 0.274 e. The highest BCUT2D eigenvalue weighted by atomic mass is 19.1. The van der Waals surface area contributed by atoms with Crippen LogP contribution in [0.3, 0.4) is 0 Å². The molecule has 0 atom stereocenters. The number of aromatic nitrogens is 1. The zero-order chi connectivity index (χ0) is 21.3. The molecule has 0 spiro atoms. The number of rotatable bonds is 5. The van der Waals surface area contributed by atoms with Gasteiger partial charge in [0.2, 0.25) is 5.89 Å². The van der Waals surface area contributed by atoms with Gasteiger partial charge in [-0.25, -0.2) is 14.9 Å². The molecule has 0 fully saturated rings. The topological polar surface area (TPSA) is 93.8 Å². The Morgan fingerprint density at radius 1 is 1.07 bits per heavy atom. The molecular formula is C22H17FN2O5. The summed E-state index contributed by atoms with van der Waals surface area (Å²) in [6.07, 6.45) is 0. The van der Waals surface area contributed by atoms with Crippen LogP contribution in [0.1, 0.15) is 10.4 Å². The number of hydroxylamine groups is 1. The summed E-state index contributed by atoms with van der Waals surface area (Å²) in [6, 6.07) is 14.8. The highest BCUT2D eigenvalue weighted by Gasteiger charge is 2.21. The molecule has 152 valence electrons. The van der Waals surface area contributed by atoms with Crippen molar-refractivity contribution in [3.8, 4) is 34.1 Å². The molecule has 0 radical (unpaired) electrons. The molecule has 0 unspecified atom stereocenters. The van der Waals surface area contributed by atoms with Crippen LogP contribution in [0.25, 0.3) is 33.7 Å². The summed E-state index contributed by atoms with van der Waals surface area (Å²) in [7, 11) is 2.91. The van der Waals surface area contributed by atoms with Crippen LogP contribution >= 0.6 is 0 Å². The van der Waals surface area contributed by atoms with Crippen molar-refractivity contribution in [2.24, 2.45) is 0 Å². The quantitative estimate of drug-likeness (QED) is 0.375. The van der Waals surface area contributed by atoms with Crippen LogP contribution < -0.4 is 15.0 Å². The van der Waals surface area contributed by atoms with Crippen LogP contribution in [0, 0.1) is 5.82 Å². The monoisotopic (exact) mass is 408 g/mol. The fourth-order valence-corrected chi connectivity index (χ4v) is 3.19. The maximum Gasteiger partial charge on any atom is 0.274 e. The van der Waals surface area contributed by atoms with Gasteiger partial charge in [0.1, 0.15) is 11.3 Å². The molecule has 30 heavy (non-hydrogen) atoms. The minimum Gasteiger partial charge on any atom is -0.497 e. The Hall–Kier alpha value is -3.91. The number of hydrogen-bond acceptors (Lipinski definition) is 6. The van der Waals surface area contributed by atoms with Crippen molar-refractivity contribution in [2.75, 3.05) is 14.2 Å². The van der Waals surface area contributed by atoms with E-state index in [1.807, 2.05) is 0 Å². The number of carbonyl (C=O) groups is 1. The van der Waals surface area contributed by atoms with Gasteiger partial charge in [-0.05, 0) is 42.0 Å². The molecule has 4 rings (SSSR count). The molecule has 1 heterocycles. The van der Waals surface area contributed by atoms with E-state index < -0.39 is 11.7 Å². The molecular weight excluding hydrogens is 391 g/mol. The number of methoxy groups -OCH3 is 2. The summed E-state index contributed by atoms with van der Waals surface area (Å²) >= 11 is 0. The van der Waals surface area contributed by atoms with Gasteiger partial charge in [-0.2, -0.15) is 0 Å². The first-order valence-electron chi connectivity index (χ1n) is 8.92. The molecule has 2 N–H and O–H groups in total. The van der Waals surface area contributed by atoms with Gasteiger partial charge in [0, 0.05) is 11.1 Å². The van der Waals surface area contributed by atoms with Gasteiger partial charge in [0.25, 0.3) is 5.91 Å². The van der Waals surface area contributed by atoms with E-state index in [1.54, 1.807) is 55.1 Å². The Balaban J connectivity index is 1.81. The number of fused-ring (bicyclic) bond motifs is 1. The first-order chi connectivity index (χ1) is 14.5. The Kier molecular flexibility index (Phi) is 5.07. The molecule has 0 bridgehead atoms. The van der Waals surface area contributed by atoms with Crippen LogP contribution in [0.2, 0.25) is 0 Å². The largest absolute Gasteiger partial charge is 0.497 e. The Labute approximate surface area is 170 Å². The maximum atomic E-state index is 15.3. The van der Waals surface area contributed by atoms with E-state index in [-0.39, 0.29) is 17.2 Å². The van der Waals surface area contributed by atoms with Gasteiger partial charge in [-0.3, -0.25) is 10.0 Å². The molecule has 0 aliphatic heterocycles. The molecule has 1 aromatic heterocycles. The first-order valence-corrected chi connectivity index (χ1v) is 8.92. The fraction of sp³-hybridized carbons (Fsp3) is 0.0909. The number of carbonyl (C=O) groups excluding carboxylic acids is 1. The van der Waals surface area contributed by atoms with E-state index in [0.29, 0.717) is 33.5 Å². The van der Waals surface area contributed by atoms with E-state index in [0.717, 1.165) is 0 Å². The summed E-state index contributed by atoms with van der Waals surface area (Å²) < 4.78 is 31.6. The minimum absolute atomic E-state index is 0.0183. The second kappa shape index (κ2) is 7.84. The third-order valence-electron chi connectivity index (χ3n) is 4.66. The van der Waals surface area contributed by atoms with E-state index >= 15 is 4.39 Å². The molecule has 3 aromatic carbocycles. The molecule has 1 amide bonds. The minimum atomic E-state index is -0.673. The zero-order valence-corrected chi connectivity index (χ0v) is 16.1. The Morgan fingerprint density at radius 3 is 2.60 bits per heavy atom. The number of nitrogens with zero attached hydrogens (tertiary/aromatic N) is 1. The number of ether oxygens (including phenoxy) is 2. The highest BCUT2D eigenvalue weighted by molar-refractivity contribution is 5.96. The van der Waals surface area contributed by atoms with Crippen LogP contribution in [-0.4, -0.2) is 30.3 Å². The van der Waals surface area contributed by atoms with Crippen LogP contribution in [0.4, 0.5) is 4.39 Å². The van der Waals surface area contributed by atoms with Crippen molar-refractivity contribution >= 4 is 17.0 Å². The SMILES string of the molecule is COc1cccc(-c2ccc(-c3nc4cc(C(=O)NO)ccc4o3)c(OC)c2F)c1.